The summed E-state index contributed by atoms with van der Waals surface area (Å²) in [4.78, 5) is 25.1. The molecule has 1 aliphatic rings. The number of para-hydroxylation sites is 1. The third-order valence-corrected chi connectivity index (χ3v) is 2.97. The smallest absolute Gasteiger partial charge is 0.340 e. The number of nitrogen functional groups attached to an aromatic ring is 1. The molecule has 2 rings (SSSR count). The van der Waals surface area contributed by atoms with Gasteiger partial charge in [0.25, 0.3) is 5.91 Å². The number of ether oxygens (including phenoxy) is 1. The Bertz CT molecular complexity index is 453. The van der Waals surface area contributed by atoms with Gasteiger partial charge in [0.15, 0.2) is 6.61 Å². The van der Waals surface area contributed by atoms with Gasteiger partial charge >= 0.3 is 5.97 Å². The minimum absolute atomic E-state index is 0.143. The number of carbonyl (C=O) groups is 2. The molecular weight excluding hydrogens is 232 g/mol. The predicted molar refractivity (Wildman–Crippen MR) is 67.0 cm³/mol. The number of hydrogen-bond acceptors (Lipinski definition) is 4. The molecule has 1 fully saturated rings. The summed E-state index contributed by atoms with van der Waals surface area (Å²) in [6, 6.07) is 6.65. The first-order valence-electron chi connectivity index (χ1n) is 5.98. The number of hydrogen-bond donors (Lipinski definition) is 1. The SMILES string of the molecule is Nc1ccccc1C(=O)OCC(=O)N1CCCC1. The molecule has 1 aromatic rings. The molecule has 5 nitrogen and oxygen atoms in total. The highest BCUT2D eigenvalue weighted by Gasteiger charge is 2.20. The van der Waals surface area contributed by atoms with Crippen molar-refractivity contribution in [3.05, 3.63) is 29.8 Å². The highest BCUT2D eigenvalue weighted by Crippen LogP contribution is 2.12. The van der Waals surface area contributed by atoms with E-state index in [0.29, 0.717) is 11.3 Å². The van der Waals surface area contributed by atoms with Crippen molar-refractivity contribution in [1.82, 2.24) is 4.90 Å². The molecule has 0 saturated carbocycles. The van der Waals surface area contributed by atoms with E-state index in [-0.39, 0.29) is 12.5 Å². The van der Waals surface area contributed by atoms with Gasteiger partial charge in [0.05, 0.1) is 5.56 Å². The largest absolute Gasteiger partial charge is 0.452 e. The lowest BCUT2D eigenvalue weighted by atomic mass is 10.2. The fourth-order valence-electron chi connectivity index (χ4n) is 1.95. The van der Waals surface area contributed by atoms with Crippen molar-refractivity contribution in [3.8, 4) is 0 Å². The van der Waals surface area contributed by atoms with Crippen LogP contribution in [0.4, 0.5) is 5.69 Å². The summed E-state index contributed by atoms with van der Waals surface area (Å²) < 4.78 is 4.97. The number of rotatable bonds is 3. The van der Waals surface area contributed by atoms with E-state index in [1.54, 1.807) is 29.2 Å². The molecule has 0 radical (unpaired) electrons. The van der Waals surface area contributed by atoms with Crippen molar-refractivity contribution in [2.45, 2.75) is 12.8 Å². The molecule has 18 heavy (non-hydrogen) atoms. The van der Waals surface area contributed by atoms with Gasteiger partial charge in [-0.3, -0.25) is 4.79 Å². The number of likely N-dealkylation sites (tertiary alicyclic amines) is 1. The van der Waals surface area contributed by atoms with Gasteiger partial charge in [-0.05, 0) is 25.0 Å². The Kier molecular flexibility index (Phi) is 3.82. The molecule has 1 amide bonds. The minimum atomic E-state index is -0.555. The molecule has 1 aliphatic heterocycles. The Morgan fingerprint density at radius 3 is 2.56 bits per heavy atom. The van der Waals surface area contributed by atoms with Crippen LogP contribution in [-0.2, 0) is 9.53 Å². The van der Waals surface area contributed by atoms with Gasteiger partial charge in [-0.2, -0.15) is 0 Å². The van der Waals surface area contributed by atoms with E-state index >= 15 is 0 Å². The van der Waals surface area contributed by atoms with Crippen LogP contribution in [0.15, 0.2) is 24.3 Å². The average molecular weight is 248 g/mol. The first kappa shape index (κ1) is 12.4. The van der Waals surface area contributed by atoms with Crippen molar-refractivity contribution in [1.29, 1.82) is 0 Å². The van der Waals surface area contributed by atoms with Crippen LogP contribution >= 0.6 is 0 Å². The Labute approximate surface area is 106 Å². The monoisotopic (exact) mass is 248 g/mol. The van der Waals surface area contributed by atoms with Crippen LogP contribution in [-0.4, -0.2) is 36.5 Å². The van der Waals surface area contributed by atoms with Gasteiger partial charge in [-0.25, -0.2) is 4.79 Å². The van der Waals surface area contributed by atoms with Gasteiger partial charge < -0.3 is 15.4 Å². The zero-order valence-corrected chi connectivity index (χ0v) is 10.1. The minimum Gasteiger partial charge on any atom is -0.452 e. The summed E-state index contributed by atoms with van der Waals surface area (Å²) in [5, 5.41) is 0. The van der Waals surface area contributed by atoms with Crippen molar-refractivity contribution in [2.24, 2.45) is 0 Å². The molecule has 1 saturated heterocycles. The van der Waals surface area contributed by atoms with Crippen molar-refractivity contribution < 1.29 is 14.3 Å². The second-order valence-corrected chi connectivity index (χ2v) is 4.25. The van der Waals surface area contributed by atoms with E-state index in [0.717, 1.165) is 25.9 Å². The molecule has 0 atom stereocenters. The average Bonchev–Trinajstić information content (AvgIpc) is 2.90. The fraction of sp³-hybridized carbons (Fsp3) is 0.385. The van der Waals surface area contributed by atoms with Gasteiger partial charge in [-0.15, -0.1) is 0 Å². The summed E-state index contributed by atoms with van der Waals surface area (Å²) in [5.74, 6) is -0.698. The number of carbonyl (C=O) groups excluding carboxylic acids is 2. The maximum absolute atomic E-state index is 11.7. The first-order chi connectivity index (χ1) is 8.68. The van der Waals surface area contributed by atoms with Crippen LogP contribution in [0.2, 0.25) is 0 Å². The number of amides is 1. The number of nitrogens with two attached hydrogens (primary N) is 1. The molecule has 0 aliphatic carbocycles. The molecule has 0 bridgehead atoms. The molecule has 0 unspecified atom stereocenters. The predicted octanol–water partition coefficient (Wildman–Crippen LogP) is 1.05. The van der Waals surface area contributed by atoms with Crippen LogP contribution in [0.1, 0.15) is 23.2 Å². The zero-order chi connectivity index (χ0) is 13.0. The van der Waals surface area contributed by atoms with Gasteiger partial charge in [-0.1, -0.05) is 12.1 Å². The molecule has 1 heterocycles. The van der Waals surface area contributed by atoms with Crippen molar-refractivity contribution >= 4 is 17.6 Å². The Balaban J connectivity index is 1.88. The van der Waals surface area contributed by atoms with Gasteiger partial charge in [0.1, 0.15) is 0 Å². The molecular formula is C13H16N2O3. The quantitative estimate of drug-likeness (QED) is 0.641. The molecule has 96 valence electrons. The summed E-state index contributed by atoms with van der Waals surface area (Å²) in [6.07, 6.45) is 2.04. The van der Waals surface area contributed by atoms with Crippen LogP contribution in [0.3, 0.4) is 0 Å². The summed E-state index contributed by atoms with van der Waals surface area (Å²) in [7, 11) is 0. The molecule has 5 heteroatoms. The number of esters is 1. The fourth-order valence-corrected chi connectivity index (χ4v) is 1.95. The standard InChI is InChI=1S/C13H16N2O3/c14-11-6-2-1-5-10(11)13(17)18-9-12(16)15-7-3-4-8-15/h1-2,5-6H,3-4,7-9,14H2. The second-order valence-electron chi connectivity index (χ2n) is 4.25. The van der Waals surface area contributed by atoms with E-state index in [4.69, 9.17) is 10.5 Å². The lowest BCUT2D eigenvalue weighted by Crippen LogP contribution is -2.32. The third kappa shape index (κ3) is 2.80. The van der Waals surface area contributed by atoms with Gasteiger partial charge in [0, 0.05) is 18.8 Å². The molecule has 1 aromatic carbocycles. The summed E-state index contributed by atoms with van der Waals surface area (Å²) in [6.45, 7) is 1.29. The Morgan fingerprint density at radius 1 is 1.22 bits per heavy atom. The second kappa shape index (κ2) is 5.53. The zero-order valence-electron chi connectivity index (χ0n) is 10.1. The van der Waals surface area contributed by atoms with Crippen molar-refractivity contribution in [2.75, 3.05) is 25.4 Å². The van der Waals surface area contributed by atoms with E-state index in [1.165, 1.54) is 0 Å². The number of nitrogens with zero attached hydrogens (tertiary/aromatic N) is 1. The highest BCUT2D eigenvalue weighted by atomic mass is 16.5. The molecule has 2 N–H and O–H groups in total. The normalized spacial score (nSPS) is 14.6. The van der Waals surface area contributed by atoms with Crippen LogP contribution in [0.5, 0.6) is 0 Å². The van der Waals surface area contributed by atoms with E-state index in [1.807, 2.05) is 0 Å². The maximum Gasteiger partial charge on any atom is 0.340 e. The number of benzene rings is 1. The summed E-state index contributed by atoms with van der Waals surface area (Å²) >= 11 is 0. The Hall–Kier alpha value is -2.04. The molecule has 0 aromatic heterocycles. The number of anilines is 1. The first-order valence-corrected chi connectivity index (χ1v) is 5.98. The lowest BCUT2D eigenvalue weighted by Gasteiger charge is -2.15. The van der Waals surface area contributed by atoms with Crippen LogP contribution in [0.25, 0.3) is 0 Å². The maximum atomic E-state index is 11.7. The van der Waals surface area contributed by atoms with E-state index in [9.17, 15) is 9.59 Å². The highest BCUT2D eigenvalue weighted by molar-refractivity contribution is 5.96. The lowest BCUT2D eigenvalue weighted by molar-refractivity contribution is -0.133. The van der Waals surface area contributed by atoms with E-state index in [2.05, 4.69) is 0 Å². The third-order valence-electron chi connectivity index (χ3n) is 2.97. The van der Waals surface area contributed by atoms with E-state index < -0.39 is 5.97 Å². The van der Waals surface area contributed by atoms with Gasteiger partial charge in [0.2, 0.25) is 0 Å². The van der Waals surface area contributed by atoms with Crippen molar-refractivity contribution in [3.63, 3.8) is 0 Å². The Morgan fingerprint density at radius 2 is 1.89 bits per heavy atom. The molecule has 0 spiro atoms. The van der Waals surface area contributed by atoms with Crippen LogP contribution in [0, 0.1) is 0 Å². The topological polar surface area (TPSA) is 72.6 Å². The summed E-state index contributed by atoms with van der Waals surface area (Å²) in [5.41, 5.74) is 6.31. The van der Waals surface area contributed by atoms with Crippen LogP contribution < -0.4 is 5.73 Å².